The number of fused-ring (bicyclic) bond motifs is 1. The van der Waals surface area contributed by atoms with Gasteiger partial charge in [0, 0.05) is 19.2 Å². The van der Waals surface area contributed by atoms with E-state index < -0.39 is 15.8 Å². The number of benzene rings is 1. The van der Waals surface area contributed by atoms with Gasteiger partial charge in [-0.15, -0.1) is 0 Å². The van der Waals surface area contributed by atoms with Gasteiger partial charge in [0.25, 0.3) is 5.91 Å². The molecule has 0 radical (unpaired) electrons. The highest BCUT2D eigenvalue weighted by Gasteiger charge is 2.34. The van der Waals surface area contributed by atoms with E-state index in [0.29, 0.717) is 28.9 Å². The van der Waals surface area contributed by atoms with Gasteiger partial charge in [0.1, 0.15) is 17.4 Å². The van der Waals surface area contributed by atoms with Gasteiger partial charge in [0.15, 0.2) is 0 Å². The molecule has 3 aromatic rings. The summed E-state index contributed by atoms with van der Waals surface area (Å²) in [6.45, 7) is 2.39. The summed E-state index contributed by atoms with van der Waals surface area (Å²) in [5, 5.41) is 3.15. The van der Waals surface area contributed by atoms with E-state index in [1.54, 1.807) is 0 Å². The van der Waals surface area contributed by atoms with Crippen LogP contribution in [0.3, 0.4) is 0 Å². The summed E-state index contributed by atoms with van der Waals surface area (Å²) in [6, 6.07) is 7.51. The van der Waals surface area contributed by atoms with E-state index in [1.807, 2.05) is 6.07 Å². The number of amides is 1. The number of nitrogens with one attached hydrogen (secondary N) is 1. The van der Waals surface area contributed by atoms with E-state index in [1.165, 1.54) is 41.9 Å². The molecule has 0 saturated heterocycles. The lowest BCUT2D eigenvalue weighted by Gasteiger charge is -2.23. The summed E-state index contributed by atoms with van der Waals surface area (Å²) < 4.78 is 46.2. The highest BCUT2D eigenvalue weighted by atomic mass is 32.2. The molecule has 1 saturated carbocycles. The molecule has 9 heteroatoms. The molecule has 1 aliphatic carbocycles. The standard InChI is InChI=1S/C24H28FN3O4S/c1-4-5-6-13-28(33(3,30)31)22-18(15-7-8-15)14-19-20(23(29)26-2)21(32-24(19)27-22)16-9-11-17(25)12-10-16/h9-12,14-15H,4-8,13H2,1-3H3,(H,26,29). The van der Waals surface area contributed by atoms with Crippen molar-refractivity contribution in [2.75, 3.05) is 24.2 Å². The van der Waals surface area contributed by atoms with Crippen LogP contribution in [0.15, 0.2) is 34.7 Å². The zero-order chi connectivity index (χ0) is 23.8. The van der Waals surface area contributed by atoms with E-state index in [2.05, 4.69) is 17.2 Å². The number of pyridine rings is 1. The van der Waals surface area contributed by atoms with E-state index in [4.69, 9.17) is 4.42 Å². The van der Waals surface area contributed by atoms with Crippen molar-refractivity contribution in [1.29, 1.82) is 0 Å². The van der Waals surface area contributed by atoms with Crippen LogP contribution in [0.1, 0.15) is 60.9 Å². The van der Waals surface area contributed by atoms with Gasteiger partial charge in [-0.05, 0) is 61.1 Å². The lowest BCUT2D eigenvalue weighted by atomic mass is 10.0. The monoisotopic (exact) mass is 473 g/mol. The molecule has 1 amide bonds. The third-order valence-corrected chi connectivity index (χ3v) is 7.03. The molecule has 2 aromatic heterocycles. The number of aromatic nitrogens is 1. The molecular formula is C24H28FN3O4S. The quantitative estimate of drug-likeness (QED) is 0.450. The Hall–Kier alpha value is -2.94. The predicted octanol–water partition coefficient (Wildman–Crippen LogP) is 4.83. The van der Waals surface area contributed by atoms with Crippen molar-refractivity contribution < 1.29 is 22.0 Å². The van der Waals surface area contributed by atoms with Crippen molar-refractivity contribution in [3.8, 4) is 11.3 Å². The molecule has 0 unspecified atom stereocenters. The predicted molar refractivity (Wildman–Crippen MR) is 126 cm³/mol. The molecule has 4 rings (SSSR count). The molecule has 176 valence electrons. The smallest absolute Gasteiger partial charge is 0.255 e. The minimum atomic E-state index is -3.57. The molecule has 1 fully saturated rings. The van der Waals surface area contributed by atoms with Crippen LogP contribution in [0, 0.1) is 5.82 Å². The van der Waals surface area contributed by atoms with Gasteiger partial charge in [-0.1, -0.05) is 19.8 Å². The number of nitrogens with zero attached hydrogens (tertiary/aromatic N) is 2. The second-order valence-corrected chi connectivity index (χ2v) is 10.4. The Labute approximate surface area is 193 Å². The van der Waals surface area contributed by atoms with E-state index in [-0.39, 0.29) is 23.3 Å². The van der Waals surface area contributed by atoms with Crippen molar-refractivity contribution in [3.63, 3.8) is 0 Å². The number of unbranched alkanes of at least 4 members (excludes halogenated alkanes) is 2. The Morgan fingerprint density at radius 2 is 1.94 bits per heavy atom. The first kappa shape index (κ1) is 23.2. The van der Waals surface area contributed by atoms with Gasteiger partial charge in [-0.25, -0.2) is 12.8 Å². The first-order chi connectivity index (χ1) is 15.7. The number of rotatable bonds is 9. The maximum atomic E-state index is 13.5. The molecule has 2 heterocycles. The summed E-state index contributed by atoms with van der Waals surface area (Å²) in [6.07, 6.45) is 5.65. The Balaban J connectivity index is 1.93. The molecule has 1 aromatic carbocycles. The molecular weight excluding hydrogens is 445 g/mol. The topological polar surface area (TPSA) is 92.5 Å². The average molecular weight is 474 g/mol. The first-order valence-corrected chi connectivity index (χ1v) is 13.0. The third-order valence-electron chi connectivity index (χ3n) is 5.87. The Morgan fingerprint density at radius 1 is 1.24 bits per heavy atom. The van der Waals surface area contributed by atoms with E-state index >= 15 is 0 Å². The molecule has 0 atom stereocenters. The van der Waals surface area contributed by atoms with Gasteiger partial charge in [-0.3, -0.25) is 9.10 Å². The summed E-state index contributed by atoms with van der Waals surface area (Å²) in [7, 11) is -2.04. The molecule has 1 N–H and O–H groups in total. The Kier molecular flexibility index (Phi) is 6.43. The van der Waals surface area contributed by atoms with Gasteiger partial charge >= 0.3 is 0 Å². The van der Waals surface area contributed by atoms with Crippen LogP contribution in [0.5, 0.6) is 0 Å². The molecule has 33 heavy (non-hydrogen) atoms. The zero-order valence-electron chi connectivity index (χ0n) is 19.0. The third kappa shape index (κ3) is 4.73. The van der Waals surface area contributed by atoms with Crippen LogP contribution in [-0.4, -0.2) is 39.2 Å². The number of carbonyl (C=O) groups is 1. The SMILES string of the molecule is CCCCCN(c1nc2oc(-c3ccc(F)cc3)c(C(=O)NC)c2cc1C1CC1)S(C)(=O)=O. The molecule has 0 aliphatic heterocycles. The van der Waals surface area contributed by atoms with Gasteiger partial charge in [0.2, 0.25) is 15.7 Å². The van der Waals surface area contributed by atoms with Crippen LogP contribution >= 0.6 is 0 Å². The number of sulfonamides is 1. The number of furan rings is 1. The number of carbonyl (C=O) groups excluding carboxylic acids is 1. The lowest BCUT2D eigenvalue weighted by molar-refractivity contribution is 0.0964. The maximum Gasteiger partial charge on any atom is 0.255 e. The van der Waals surface area contributed by atoms with Crippen LogP contribution in [0.2, 0.25) is 0 Å². The minimum absolute atomic E-state index is 0.177. The second kappa shape index (κ2) is 9.13. The molecule has 0 bridgehead atoms. The van der Waals surface area contributed by atoms with Crippen molar-refractivity contribution >= 4 is 32.8 Å². The molecule has 1 aliphatic rings. The fraction of sp³-hybridized carbons (Fsp3) is 0.417. The number of anilines is 1. The fourth-order valence-electron chi connectivity index (χ4n) is 4.01. The maximum absolute atomic E-state index is 13.5. The minimum Gasteiger partial charge on any atom is -0.437 e. The molecule has 0 spiro atoms. The summed E-state index contributed by atoms with van der Waals surface area (Å²) in [5.74, 6) is 0.0732. The van der Waals surface area contributed by atoms with Gasteiger partial charge in [0.05, 0.1) is 17.2 Å². The average Bonchev–Trinajstić information content (AvgIpc) is 3.55. The summed E-state index contributed by atoms with van der Waals surface area (Å²) >= 11 is 0. The Morgan fingerprint density at radius 3 is 2.52 bits per heavy atom. The van der Waals surface area contributed by atoms with Crippen molar-refractivity contribution in [2.24, 2.45) is 0 Å². The summed E-state index contributed by atoms with van der Waals surface area (Å²) in [4.78, 5) is 17.5. The van der Waals surface area contributed by atoms with Crippen LogP contribution < -0.4 is 9.62 Å². The van der Waals surface area contributed by atoms with Crippen molar-refractivity contribution in [3.05, 3.63) is 47.3 Å². The Bertz CT molecular complexity index is 1280. The van der Waals surface area contributed by atoms with Crippen LogP contribution in [0.4, 0.5) is 10.2 Å². The van der Waals surface area contributed by atoms with Crippen LogP contribution in [0.25, 0.3) is 22.4 Å². The number of hydrogen-bond acceptors (Lipinski definition) is 5. The van der Waals surface area contributed by atoms with Gasteiger partial charge < -0.3 is 9.73 Å². The molecule has 7 nitrogen and oxygen atoms in total. The van der Waals surface area contributed by atoms with E-state index in [9.17, 15) is 17.6 Å². The van der Waals surface area contributed by atoms with Crippen LogP contribution in [-0.2, 0) is 10.0 Å². The first-order valence-electron chi connectivity index (χ1n) is 11.2. The van der Waals surface area contributed by atoms with Crippen molar-refractivity contribution in [1.82, 2.24) is 10.3 Å². The highest BCUT2D eigenvalue weighted by Crippen LogP contribution is 2.46. The lowest BCUT2D eigenvalue weighted by Crippen LogP contribution is -2.32. The van der Waals surface area contributed by atoms with E-state index in [0.717, 1.165) is 37.7 Å². The fourth-order valence-corrected chi connectivity index (χ4v) is 4.93. The van der Waals surface area contributed by atoms with Crippen molar-refractivity contribution in [2.45, 2.75) is 44.9 Å². The number of halogens is 1. The second-order valence-electron chi connectivity index (χ2n) is 8.46. The van der Waals surface area contributed by atoms with Gasteiger partial charge in [-0.2, -0.15) is 4.98 Å². The largest absolute Gasteiger partial charge is 0.437 e. The zero-order valence-corrected chi connectivity index (χ0v) is 19.8. The summed E-state index contributed by atoms with van der Waals surface area (Å²) in [5.41, 5.74) is 1.82. The number of hydrogen-bond donors (Lipinski definition) is 1. The highest BCUT2D eigenvalue weighted by molar-refractivity contribution is 7.92. The normalized spacial score (nSPS) is 13.9.